The van der Waals surface area contributed by atoms with Crippen LogP contribution in [0.4, 0.5) is 4.39 Å². The Labute approximate surface area is 98.7 Å². The van der Waals surface area contributed by atoms with Crippen LogP contribution < -0.4 is 4.74 Å². The molecule has 5 heteroatoms. The van der Waals surface area contributed by atoms with Gasteiger partial charge in [0.1, 0.15) is 0 Å². The summed E-state index contributed by atoms with van der Waals surface area (Å²) in [6.07, 6.45) is -0.0985. The number of aliphatic carboxylic acids is 1. The predicted octanol–water partition coefficient (Wildman–Crippen LogP) is 1.95. The van der Waals surface area contributed by atoms with Gasteiger partial charge in [0.2, 0.25) is 0 Å². The first kappa shape index (κ1) is 13.4. The smallest absolute Gasteiger partial charge is 0.344 e. The molecule has 0 saturated heterocycles. The molecule has 0 aromatic heterocycles. The molecular formula is C12H15FO4. The van der Waals surface area contributed by atoms with Crippen LogP contribution in [0.3, 0.4) is 0 Å². The number of rotatable bonds is 6. The largest absolute Gasteiger partial charge is 0.479 e. The van der Waals surface area contributed by atoms with Crippen LogP contribution in [0.2, 0.25) is 0 Å². The topological polar surface area (TPSA) is 66.8 Å². The van der Waals surface area contributed by atoms with Gasteiger partial charge < -0.3 is 14.9 Å². The Kier molecular flexibility index (Phi) is 4.90. The van der Waals surface area contributed by atoms with E-state index in [2.05, 4.69) is 0 Å². The minimum atomic E-state index is -1.11. The summed E-state index contributed by atoms with van der Waals surface area (Å²) in [6, 6.07) is 3.94. The highest BCUT2D eigenvalue weighted by Crippen LogP contribution is 2.21. The Hall–Kier alpha value is -1.62. The van der Waals surface area contributed by atoms with Crippen LogP contribution in [0.15, 0.2) is 18.2 Å². The highest BCUT2D eigenvalue weighted by Gasteiger charge is 2.19. The summed E-state index contributed by atoms with van der Waals surface area (Å²) in [5.74, 6) is -1.89. The van der Waals surface area contributed by atoms with Crippen molar-refractivity contribution in [3.05, 3.63) is 29.6 Å². The van der Waals surface area contributed by atoms with Gasteiger partial charge in [0, 0.05) is 0 Å². The Morgan fingerprint density at radius 1 is 1.53 bits per heavy atom. The molecule has 4 nitrogen and oxygen atoms in total. The fraction of sp³-hybridized carbons (Fsp3) is 0.417. The number of hydrogen-bond acceptors (Lipinski definition) is 3. The molecule has 1 atom stereocenters. The quantitative estimate of drug-likeness (QED) is 0.800. The average Bonchev–Trinajstić information content (AvgIpc) is 2.30. The molecule has 0 heterocycles. The lowest BCUT2D eigenvalue weighted by atomic mass is 10.2. The van der Waals surface area contributed by atoms with Crippen molar-refractivity contribution >= 4 is 5.97 Å². The van der Waals surface area contributed by atoms with Gasteiger partial charge in [-0.1, -0.05) is 19.4 Å². The van der Waals surface area contributed by atoms with Gasteiger partial charge in [0.15, 0.2) is 17.7 Å². The number of carbonyl (C=O) groups is 1. The second kappa shape index (κ2) is 6.20. The molecule has 0 radical (unpaired) electrons. The fourth-order valence-electron chi connectivity index (χ4n) is 1.39. The lowest BCUT2D eigenvalue weighted by molar-refractivity contribution is -0.145. The highest BCUT2D eigenvalue weighted by atomic mass is 19.1. The summed E-state index contributed by atoms with van der Waals surface area (Å²) in [4.78, 5) is 10.8. The molecular weight excluding hydrogens is 227 g/mol. The molecule has 0 aliphatic rings. The Morgan fingerprint density at radius 3 is 2.71 bits per heavy atom. The molecule has 17 heavy (non-hydrogen) atoms. The molecule has 1 unspecified atom stereocenters. The maximum Gasteiger partial charge on any atom is 0.344 e. The van der Waals surface area contributed by atoms with Crippen LogP contribution >= 0.6 is 0 Å². The number of carboxylic acid groups (broad SMARTS) is 1. The van der Waals surface area contributed by atoms with Crippen molar-refractivity contribution in [3.63, 3.8) is 0 Å². The monoisotopic (exact) mass is 242 g/mol. The first-order valence-electron chi connectivity index (χ1n) is 5.37. The molecule has 0 amide bonds. The third-order valence-electron chi connectivity index (χ3n) is 2.27. The summed E-state index contributed by atoms with van der Waals surface area (Å²) in [7, 11) is 0. The Balaban J connectivity index is 2.82. The van der Waals surface area contributed by atoms with E-state index in [1.165, 1.54) is 12.1 Å². The van der Waals surface area contributed by atoms with E-state index in [4.69, 9.17) is 14.9 Å². The van der Waals surface area contributed by atoms with Gasteiger partial charge in [-0.05, 0) is 24.1 Å². The van der Waals surface area contributed by atoms with Crippen molar-refractivity contribution in [2.75, 3.05) is 0 Å². The molecule has 0 fully saturated rings. The predicted molar refractivity (Wildman–Crippen MR) is 59.3 cm³/mol. The second-order valence-corrected chi connectivity index (χ2v) is 3.66. The van der Waals surface area contributed by atoms with E-state index in [0.717, 1.165) is 6.07 Å². The zero-order valence-electron chi connectivity index (χ0n) is 9.52. The highest BCUT2D eigenvalue weighted by molar-refractivity contribution is 5.72. The van der Waals surface area contributed by atoms with Crippen molar-refractivity contribution in [1.82, 2.24) is 0 Å². The lowest BCUT2D eigenvalue weighted by Gasteiger charge is -2.15. The van der Waals surface area contributed by atoms with Gasteiger partial charge in [0.25, 0.3) is 0 Å². The zero-order valence-corrected chi connectivity index (χ0v) is 9.52. The van der Waals surface area contributed by atoms with Gasteiger partial charge in [-0.3, -0.25) is 0 Å². The summed E-state index contributed by atoms with van der Waals surface area (Å²) in [5, 5.41) is 17.7. The van der Waals surface area contributed by atoms with E-state index in [9.17, 15) is 9.18 Å². The van der Waals surface area contributed by atoms with Crippen LogP contribution in [0.1, 0.15) is 25.3 Å². The van der Waals surface area contributed by atoms with Crippen molar-refractivity contribution in [2.24, 2.45) is 0 Å². The maximum absolute atomic E-state index is 13.5. The second-order valence-electron chi connectivity index (χ2n) is 3.66. The minimum absolute atomic E-state index is 0.108. The van der Waals surface area contributed by atoms with Crippen molar-refractivity contribution in [2.45, 2.75) is 32.5 Å². The van der Waals surface area contributed by atoms with Crippen LogP contribution in [-0.4, -0.2) is 22.3 Å². The standard InChI is InChI=1S/C12H15FO4/c1-2-3-11(12(15)16)17-10-5-4-8(7-14)6-9(10)13/h4-6,11,14H,2-3,7H2,1H3,(H,15,16). The summed E-state index contributed by atoms with van der Waals surface area (Å²) < 4.78 is 18.6. The molecule has 0 saturated carbocycles. The van der Waals surface area contributed by atoms with Crippen molar-refractivity contribution in [3.8, 4) is 5.75 Å². The van der Waals surface area contributed by atoms with Gasteiger partial charge in [0.05, 0.1) is 6.61 Å². The van der Waals surface area contributed by atoms with E-state index in [-0.39, 0.29) is 12.4 Å². The van der Waals surface area contributed by atoms with Crippen LogP contribution in [0.5, 0.6) is 5.75 Å². The molecule has 0 bridgehead atoms. The van der Waals surface area contributed by atoms with Crippen LogP contribution in [0, 0.1) is 5.82 Å². The number of halogens is 1. The number of ether oxygens (including phenoxy) is 1. The molecule has 1 rings (SSSR count). The molecule has 1 aromatic rings. The first-order chi connectivity index (χ1) is 8.08. The number of aliphatic hydroxyl groups excluding tert-OH is 1. The van der Waals surface area contributed by atoms with E-state index in [1.807, 2.05) is 6.92 Å². The lowest BCUT2D eigenvalue weighted by Crippen LogP contribution is -2.27. The van der Waals surface area contributed by atoms with Crippen LogP contribution in [0.25, 0.3) is 0 Å². The molecule has 1 aromatic carbocycles. The third-order valence-corrected chi connectivity index (χ3v) is 2.27. The van der Waals surface area contributed by atoms with E-state index >= 15 is 0 Å². The fourth-order valence-corrected chi connectivity index (χ4v) is 1.39. The first-order valence-corrected chi connectivity index (χ1v) is 5.37. The summed E-state index contributed by atoms with van der Waals surface area (Å²) in [6.45, 7) is 1.55. The molecule has 0 aliphatic heterocycles. The van der Waals surface area contributed by atoms with Gasteiger partial charge in [-0.25, -0.2) is 9.18 Å². The van der Waals surface area contributed by atoms with Crippen LogP contribution in [-0.2, 0) is 11.4 Å². The molecule has 94 valence electrons. The van der Waals surface area contributed by atoms with Gasteiger partial charge in [-0.2, -0.15) is 0 Å². The Morgan fingerprint density at radius 2 is 2.24 bits per heavy atom. The summed E-state index contributed by atoms with van der Waals surface area (Å²) in [5.41, 5.74) is 0.414. The zero-order chi connectivity index (χ0) is 12.8. The van der Waals surface area contributed by atoms with Gasteiger partial charge in [-0.15, -0.1) is 0 Å². The van der Waals surface area contributed by atoms with Gasteiger partial charge >= 0.3 is 5.97 Å². The number of carboxylic acids is 1. The van der Waals surface area contributed by atoms with E-state index in [1.54, 1.807) is 0 Å². The number of benzene rings is 1. The number of hydrogen-bond donors (Lipinski definition) is 2. The van der Waals surface area contributed by atoms with Crippen molar-refractivity contribution < 1.29 is 24.1 Å². The Bertz CT molecular complexity index is 392. The number of aliphatic hydroxyl groups is 1. The normalized spacial score (nSPS) is 12.2. The third kappa shape index (κ3) is 3.71. The molecule has 0 spiro atoms. The van der Waals surface area contributed by atoms with Crippen molar-refractivity contribution in [1.29, 1.82) is 0 Å². The van der Waals surface area contributed by atoms with E-state index < -0.39 is 17.9 Å². The average molecular weight is 242 g/mol. The van der Waals surface area contributed by atoms with E-state index in [0.29, 0.717) is 18.4 Å². The maximum atomic E-state index is 13.5. The minimum Gasteiger partial charge on any atom is -0.479 e. The SMILES string of the molecule is CCCC(Oc1ccc(CO)cc1F)C(=O)O. The summed E-state index contributed by atoms with van der Waals surface area (Å²) >= 11 is 0. The molecule has 0 aliphatic carbocycles. The molecule has 2 N–H and O–H groups in total.